The normalized spacial score (nSPS) is 8.93. The van der Waals surface area contributed by atoms with Crippen molar-refractivity contribution in [3.63, 3.8) is 0 Å². The van der Waals surface area contributed by atoms with Gasteiger partial charge in [0.05, 0.1) is 7.11 Å². The summed E-state index contributed by atoms with van der Waals surface area (Å²) in [5.74, 6) is 0.459. The first-order valence-electron chi connectivity index (χ1n) is 4.48. The Kier molecular flexibility index (Phi) is 5.55. The van der Waals surface area contributed by atoms with E-state index in [4.69, 9.17) is 0 Å². The maximum absolute atomic E-state index is 11.0. The Morgan fingerprint density at radius 3 is 2.57 bits per heavy atom. The lowest BCUT2D eigenvalue weighted by molar-refractivity contribution is 0.268. The summed E-state index contributed by atoms with van der Waals surface area (Å²) in [7, 11) is 3.12. The molecular weight excluding hydrogens is 182 g/mol. The molecule has 1 N–H and O–H groups in total. The fourth-order valence-corrected chi connectivity index (χ4v) is 0.870. The van der Waals surface area contributed by atoms with E-state index >= 15 is 0 Å². The summed E-state index contributed by atoms with van der Waals surface area (Å²) in [6.45, 7) is 5.84. The Balaban J connectivity index is 0.000000791. The number of hydrogen-bond donors (Lipinski definition) is 1. The summed E-state index contributed by atoms with van der Waals surface area (Å²) >= 11 is 0. The molecule has 1 aromatic heterocycles. The molecule has 0 fully saturated rings. The third-order valence-electron chi connectivity index (χ3n) is 1.47. The molecule has 1 rings (SSSR count). The zero-order valence-electron chi connectivity index (χ0n) is 9.29. The molecule has 0 radical (unpaired) electrons. The third kappa shape index (κ3) is 3.18. The SMILES string of the molecule is CC.CONc1nc(=O)n(C)cc1C. The smallest absolute Gasteiger partial charge is 0.302 e. The summed E-state index contributed by atoms with van der Waals surface area (Å²) in [4.78, 5) is 19.4. The number of rotatable bonds is 2. The van der Waals surface area contributed by atoms with Crippen LogP contribution in [0.1, 0.15) is 19.4 Å². The average molecular weight is 199 g/mol. The molecule has 0 saturated heterocycles. The van der Waals surface area contributed by atoms with Crippen molar-refractivity contribution in [1.29, 1.82) is 0 Å². The van der Waals surface area contributed by atoms with Crippen LogP contribution in [0.5, 0.6) is 0 Å². The van der Waals surface area contributed by atoms with Gasteiger partial charge in [-0.25, -0.2) is 10.3 Å². The Morgan fingerprint density at radius 2 is 2.07 bits per heavy atom. The van der Waals surface area contributed by atoms with Gasteiger partial charge in [-0.3, -0.25) is 4.84 Å². The van der Waals surface area contributed by atoms with E-state index < -0.39 is 0 Å². The molecule has 1 aromatic rings. The van der Waals surface area contributed by atoms with Crippen molar-refractivity contribution in [2.45, 2.75) is 20.8 Å². The minimum absolute atomic E-state index is 0.305. The molecule has 0 aromatic carbocycles. The van der Waals surface area contributed by atoms with Gasteiger partial charge in [0.1, 0.15) is 0 Å². The Bertz CT molecular complexity index is 333. The summed E-state index contributed by atoms with van der Waals surface area (Å²) in [5, 5.41) is 0. The van der Waals surface area contributed by atoms with Gasteiger partial charge in [0.25, 0.3) is 0 Å². The first-order valence-corrected chi connectivity index (χ1v) is 4.48. The second kappa shape index (κ2) is 6.15. The highest BCUT2D eigenvalue weighted by molar-refractivity contribution is 5.38. The van der Waals surface area contributed by atoms with Crippen molar-refractivity contribution >= 4 is 5.82 Å². The van der Waals surface area contributed by atoms with Crippen LogP contribution in [0, 0.1) is 6.92 Å². The lowest BCUT2D eigenvalue weighted by atomic mass is 10.3. The van der Waals surface area contributed by atoms with E-state index in [9.17, 15) is 4.79 Å². The van der Waals surface area contributed by atoms with Crippen LogP contribution >= 0.6 is 0 Å². The van der Waals surface area contributed by atoms with E-state index in [1.165, 1.54) is 11.7 Å². The first-order chi connectivity index (χ1) is 6.65. The van der Waals surface area contributed by atoms with Gasteiger partial charge >= 0.3 is 5.69 Å². The van der Waals surface area contributed by atoms with Gasteiger partial charge in [-0.2, -0.15) is 4.98 Å². The molecule has 0 atom stereocenters. The number of aromatic nitrogens is 2. The van der Waals surface area contributed by atoms with Crippen LogP contribution in [0.4, 0.5) is 5.82 Å². The molecule has 5 heteroatoms. The van der Waals surface area contributed by atoms with E-state index in [0.717, 1.165) is 5.56 Å². The molecule has 5 nitrogen and oxygen atoms in total. The van der Waals surface area contributed by atoms with E-state index in [1.54, 1.807) is 13.2 Å². The predicted octanol–water partition coefficient (Wildman–Crippen LogP) is 1.09. The van der Waals surface area contributed by atoms with E-state index in [2.05, 4.69) is 15.3 Å². The summed E-state index contributed by atoms with van der Waals surface area (Å²) in [6.07, 6.45) is 1.69. The predicted molar refractivity (Wildman–Crippen MR) is 56.2 cm³/mol. The van der Waals surface area contributed by atoms with Crippen molar-refractivity contribution in [1.82, 2.24) is 9.55 Å². The number of aryl methyl sites for hydroxylation is 2. The number of nitrogens with zero attached hydrogens (tertiary/aromatic N) is 2. The topological polar surface area (TPSA) is 56.1 Å². The highest BCUT2D eigenvalue weighted by Gasteiger charge is 2.00. The molecule has 0 saturated carbocycles. The Morgan fingerprint density at radius 1 is 1.50 bits per heavy atom. The molecule has 0 spiro atoms. The molecule has 1 heterocycles. The first kappa shape index (κ1) is 12.6. The summed E-state index contributed by atoms with van der Waals surface area (Å²) in [5.41, 5.74) is 3.07. The fraction of sp³-hybridized carbons (Fsp3) is 0.556. The third-order valence-corrected chi connectivity index (χ3v) is 1.47. The highest BCUT2D eigenvalue weighted by Crippen LogP contribution is 2.05. The minimum atomic E-state index is -0.305. The molecule has 14 heavy (non-hydrogen) atoms. The van der Waals surface area contributed by atoms with Crippen LogP contribution in [0.15, 0.2) is 11.0 Å². The Labute approximate surface area is 83.7 Å². The van der Waals surface area contributed by atoms with Gasteiger partial charge in [-0.15, -0.1) is 0 Å². The van der Waals surface area contributed by atoms with Crippen LogP contribution in [-0.2, 0) is 11.9 Å². The molecule has 0 aliphatic rings. The van der Waals surface area contributed by atoms with Gasteiger partial charge in [0.15, 0.2) is 5.82 Å². The second-order valence-electron chi connectivity index (χ2n) is 2.47. The summed E-state index contributed by atoms with van der Waals surface area (Å²) < 4.78 is 1.41. The number of hydrogen-bond acceptors (Lipinski definition) is 4. The standard InChI is InChI=1S/C7H11N3O2.C2H6/c1-5-4-10(2)7(11)8-6(5)9-12-3;1-2/h4H,1-3H3,(H,8,9,11);1-2H3. The van der Waals surface area contributed by atoms with Crippen molar-refractivity contribution in [3.8, 4) is 0 Å². The largest absolute Gasteiger partial charge is 0.349 e. The molecule has 0 amide bonds. The van der Waals surface area contributed by atoms with Crippen LogP contribution < -0.4 is 11.2 Å². The molecule has 0 unspecified atom stereocenters. The van der Waals surface area contributed by atoms with E-state index in [-0.39, 0.29) is 5.69 Å². The van der Waals surface area contributed by atoms with Gasteiger partial charge < -0.3 is 4.57 Å². The maximum Gasteiger partial charge on any atom is 0.349 e. The van der Waals surface area contributed by atoms with E-state index in [0.29, 0.717) is 5.82 Å². The molecular formula is C9H17N3O2. The fourth-order valence-electron chi connectivity index (χ4n) is 0.870. The van der Waals surface area contributed by atoms with Gasteiger partial charge in [0.2, 0.25) is 0 Å². The Hall–Kier alpha value is -1.36. The van der Waals surface area contributed by atoms with Gasteiger partial charge in [-0.1, -0.05) is 13.8 Å². The second-order valence-corrected chi connectivity index (χ2v) is 2.47. The molecule has 0 bridgehead atoms. The van der Waals surface area contributed by atoms with Crippen LogP contribution in [-0.4, -0.2) is 16.7 Å². The van der Waals surface area contributed by atoms with Crippen molar-refractivity contribution < 1.29 is 4.84 Å². The molecule has 0 aliphatic heterocycles. The van der Waals surface area contributed by atoms with Crippen molar-refractivity contribution in [3.05, 3.63) is 22.2 Å². The van der Waals surface area contributed by atoms with Crippen molar-refractivity contribution in [2.24, 2.45) is 7.05 Å². The zero-order valence-corrected chi connectivity index (χ0v) is 9.29. The van der Waals surface area contributed by atoms with E-state index in [1.807, 2.05) is 20.8 Å². The van der Waals surface area contributed by atoms with Crippen LogP contribution in [0.3, 0.4) is 0 Å². The quantitative estimate of drug-likeness (QED) is 0.724. The molecule has 80 valence electrons. The summed E-state index contributed by atoms with van der Waals surface area (Å²) in [6, 6.07) is 0. The number of anilines is 1. The lowest BCUT2D eigenvalue weighted by Crippen LogP contribution is -2.21. The van der Waals surface area contributed by atoms with Gasteiger partial charge in [-0.05, 0) is 6.92 Å². The van der Waals surface area contributed by atoms with Crippen molar-refractivity contribution in [2.75, 3.05) is 12.6 Å². The maximum atomic E-state index is 11.0. The average Bonchev–Trinajstić information content (AvgIpc) is 2.18. The van der Waals surface area contributed by atoms with Crippen LogP contribution in [0.2, 0.25) is 0 Å². The zero-order chi connectivity index (χ0) is 11.1. The molecule has 0 aliphatic carbocycles. The number of nitrogens with one attached hydrogen (secondary N) is 1. The van der Waals surface area contributed by atoms with Gasteiger partial charge in [0, 0.05) is 18.8 Å². The van der Waals surface area contributed by atoms with Crippen LogP contribution in [0.25, 0.3) is 0 Å². The highest BCUT2D eigenvalue weighted by atomic mass is 16.6. The minimum Gasteiger partial charge on any atom is -0.302 e. The lowest BCUT2D eigenvalue weighted by Gasteiger charge is -2.05. The monoisotopic (exact) mass is 199 g/mol.